The largest absolute Gasteiger partial charge is 0.491 e. The Kier molecular flexibility index (Phi) is 5.22. The average molecular weight is 351 g/mol. The number of fused-ring (bicyclic) bond motifs is 1. The second-order valence-corrected chi connectivity index (χ2v) is 6.64. The minimum absolute atomic E-state index is 0.0906. The number of carbonyl (C=O) groups excluding carboxylic acids is 1. The molecule has 0 aromatic heterocycles. The van der Waals surface area contributed by atoms with E-state index in [-0.39, 0.29) is 37.1 Å². The number of carbonyl (C=O) groups is 2. The molecule has 0 bridgehead atoms. The van der Waals surface area contributed by atoms with Crippen molar-refractivity contribution in [3.05, 3.63) is 30.1 Å². The summed E-state index contributed by atoms with van der Waals surface area (Å²) in [6, 6.07) is 6.13. The number of amides is 1. The number of carboxylic acids is 1. The van der Waals surface area contributed by atoms with Crippen molar-refractivity contribution in [3.63, 3.8) is 0 Å². The van der Waals surface area contributed by atoms with Crippen LogP contribution in [-0.4, -0.2) is 54.8 Å². The maximum absolute atomic E-state index is 13.4. The summed E-state index contributed by atoms with van der Waals surface area (Å²) in [5.41, 5.74) is -0.877. The van der Waals surface area contributed by atoms with Crippen molar-refractivity contribution in [1.82, 2.24) is 4.90 Å². The number of rotatable bonds is 6. The van der Waals surface area contributed by atoms with Crippen LogP contribution >= 0.6 is 0 Å². The normalized spacial score (nSPS) is 25.5. The van der Waals surface area contributed by atoms with E-state index in [1.807, 2.05) is 0 Å². The van der Waals surface area contributed by atoms with Gasteiger partial charge in [0.05, 0.1) is 18.6 Å². The number of likely N-dealkylation sites (tertiary alicyclic amines) is 1. The molecule has 1 aromatic rings. The predicted octanol–water partition coefficient (Wildman–Crippen LogP) is 1.93. The number of para-hydroxylation sites is 1. The van der Waals surface area contributed by atoms with Gasteiger partial charge in [-0.25, -0.2) is 4.39 Å². The Hall–Kier alpha value is -2.15. The second kappa shape index (κ2) is 7.39. The molecule has 6 nitrogen and oxygen atoms in total. The first kappa shape index (κ1) is 17.7. The number of aliphatic carboxylic acids is 1. The molecule has 1 N–H and O–H groups in total. The summed E-state index contributed by atoms with van der Waals surface area (Å²) in [4.78, 5) is 25.7. The first-order valence-electron chi connectivity index (χ1n) is 8.49. The van der Waals surface area contributed by atoms with Crippen molar-refractivity contribution in [2.24, 2.45) is 11.3 Å². The highest BCUT2D eigenvalue weighted by Gasteiger charge is 2.54. The topological polar surface area (TPSA) is 76.1 Å². The lowest BCUT2D eigenvalue weighted by Crippen LogP contribution is -2.45. The lowest BCUT2D eigenvalue weighted by atomic mass is 9.74. The summed E-state index contributed by atoms with van der Waals surface area (Å²) in [5, 5.41) is 9.62. The van der Waals surface area contributed by atoms with E-state index in [0.717, 1.165) is 0 Å². The minimum Gasteiger partial charge on any atom is -0.491 e. The van der Waals surface area contributed by atoms with E-state index in [1.165, 1.54) is 6.07 Å². The maximum atomic E-state index is 13.4. The molecule has 0 aliphatic carbocycles. The average Bonchev–Trinajstić information content (AvgIpc) is 3.01. The van der Waals surface area contributed by atoms with Crippen molar-refractivity contribution < 1.29 is 28.6 Å². The second-order valence-electron chi connectivity index (χ2n) is 6.64. The van der Waals surface area contributed by atoms with E-state index in [9.17, 15) is 19.1 Å². The molecule has 7 heteroatoms. The van der Waals surface area contributed by atoms with Crippen LogP contribution in [0.3, 0.4) is 0 Å². The van der Waals surface area contributed by atoms with Gasteiger partial charge in [-0.2, -0.15) is 0 Å². The molecule has 2 saturated heterocycles. The van der Waals surface area contributed by atoms with Crippen LogP contribution in [0.2, 0.25) is 0 Å². The van der Waals surface area contributed by atoms with Gasteiger partial charge in [-0.1, -0.05) is 12.1 Å². The molecule has 2 aliphatic heterocycles. The number of ether oxygens (including phenoxy) is 2. The molecular formula is C18H22FNO5. The van der Waals surface area contributed by atoms with E-state index in [2.05, 4.69) is 0 Å². The van der Waals surface area contributed by atoms with Crippen LogP contribution in [0.5, 0.6) is 5.75 Å². The standard InChI is InChI=1S/C18H22FNO5/c19-14-4-1-2-5-15(14)25-8-3-6-16(21)20-10-13-11-24-9-7-18(13,12-20)17(22)23/h1-2,4-5,13H,3,6-12H2,(H,22,23)/t13-,18+/m0/s1. The number of carboxylic acid groups (broad SMARTS) is 1. The summed E-state index contributed by atoms with van der Waals surface area (Å²) in [7, 11) is 0. The number of hydrogen-bond donors (Lipinski definition) is 1. The van der Waals surface area contributed by atoms with Crippen LogP contribution in [0.15, 0.2) is 24.3 Å². The molecule has 2 aliphatic rings. The van der Waals surface area contributed by atoms with Gasteiger partial charge in [-0.3, -0.25) is 9.59 Å². The zero-order valence-electron chi connectivity index (χ0n) is 13.9. The molecule has 136 valence electrons. The highest BCUT2D eigenvalue weighted by Crippen LogP contribution is 2.42. The molecule has 1 amide bonds. The van der Waals surface area contributed by atoms with Crippen molar-refractivity contribution in [2.45, 2.75) is 19.3 Å². The van der Waals surface area contributed by atoms with Gasteiger partial charge in [0.2, 0.25) is 5.91 Å². The summed E-state index contributed by atoms with van der Waals surface area (Å²) < 4.78 is 24.2. The van der Waals surface area contributed by atoms with Crippen molar-refractivity contribution in [1.29, 1.82) is 0 Å². The highest BCUT2D eigenvalue weighted by molar-refractivity contribution is 5.81. The Labute approximate surface area is 145 Å². The molecule has 25 heavy (non-hydrogen) atoms. The Morgan fingerprint density at radius 2 is 2.20 bits per heavy atom. The number of hydrogen-bond acceptors (Lipinski definition) is 4. The quantitative estimate of drug-likeness (QED) is 0.793. The molecule has 1 aromatic carbocycles. The van der Waals surface area contributed by atoms with E-state index in [4.69, 9.17) is 9.47 Å². The van der Waals surface area contributed by atoms with Crippen LogP contribution in [0.1, 0.15) is 19.3 Å². The van der Waals surface area contributed by atoms with Gasteiger partial charge in [0, 0.05) is 32.0 Å². The molecule has 0 radical (unpaired) electrons. The van der Waals surface area contributed by atoms with Gasteiger partial charge in [0.15, 0.2) is 11.6 Å². The van der Waals surface area contributed by atoms with Crippen molar-refractivity contribution in [3.8, 4) is 5.75 Å². The van der Waals surface area contributed by atoms with Gasteiger partial charge in [-0.05, 0) is 25.0 Å². The minimum atomic E-state index is -0.877. The van der Waals surface area contributed by atoms with Crippen molar-refractivity contribution >= 4 is 11.9 Å². The summed E-state index contributed by atoms with van der Waals surface area (Å²) >= 11 is 0. The monoisotopic (exact) mass is 351 g/mol. The lowest BCUT2D eigenvalue weighted by molar-refractivity contribution is -0.157. The third-order valence-corrected chi connectivity index (χ3v) is 5.11. The third-order valence-electron chi connectivity index (χ3n) is 5.11. The zero-order valence-corrected chi connectivity index (χ0v) is 13.9. The molecule has 2 fully saturated rings. The van der Waals surface area contributed by atoms with Crippen LogP contribution in [0, 0.1) is 17.2 Å². The first-order chi connectivity index (χ1) is 12.0. The molecule has 0 spiro atoms. The van der Waals surface area contributed by atoms with Crippen LogP contribution in [0.25, 0.3) is 0 Å². The van der Waals surface area contributed by atoms with E-state index in [1.54, 1.807) is 23.1 Å². The van der Waals surface area contributed by atoms with Crippen LogP contribution < -0.4 is 4.74 Å². The van der Waals surface area contributed by atoms with Crippen molar-refractivity contribution in [2.75, 3.05) is 32.9 Å². The van der Waals surface area contributed by atoms with Gasteiger partial charge < -0.3 is 19.5 Å². The van der Waals surface area contributed by atoms with Gasteiger partial charge >= 0.3 is 5.97 Å². The molecule has 3 rings (SSSR count). The van der Waals surface area contributed by atoms with Gasteiger partial charge in [-0.15, -0.1) is 0 Å². The molecule has 2 atom stereocenters. The van der Waals surface area contributed by atoms with E-state index < -0.39 is 17.2 Å². The fourth-order valence-corrected chi connectivity index (χ4v) is 3.61. The molecule has 0 unspecified atom stereocenters. The number of nitrogens with zero attached hydrogens (tertiary/aromatic N) is 1. The summed E-state index contributed by atoms with van der Waals surface area (Å²) in [6.07, 6.45) is 1.13. The van der Waals surface area contributed by atoms with E-state index in [0.29, 0.717) is 32.6 Å². The Bertz CT molecular complexity index is 652. The molecular weight excluding hydrogens is 329 g/mol. The van der Waals surface area contributed by atoms with Crippen LogP contribution in [-0.2, 0) is 14.3 Å². The molecule has 0 saturated carbocycles. The zero-order chi connectivity index (χ0) is 17.9. The Balaban J connectivity index is 1.49. The number of benzene rings is 1. The number of halogens is 1. The fraction of sp³-hybridized carbons (Fsp3) is 0.556. The third kappa shape index (κ3) is 3.61. The lowest BCUT2D eigenvalue weighted by Gasteiger charge is -2.33. The SMILES string of the molecule is O=C(CCCOc1ccccc1F)N1C[C@H]2COCC[C@@]2(C(=O)O)C1. The first-order valence-corrected chi connectivity index (χ1v) is 8.49. The van der Waals surface area contributed by atoms with Gasteiger partial charge in [0.25, 0.3) is 0 Å². The Morgan fingerprint density at radius 1 is 1.40 bits per heavy atom. The molecule has 2 heterocycles. The Morgan fingerprint density at radius 3 is 2.92 bits per heavy atom. The summed E-state index contributed by atoms with van der Waals surface area (Å²) in [6.45, 7) is 1.69. The summed E-state index contributed by atoms with van der Waals surface area (Å²) in [5.74, 6) is -1.35. The highest BCUT2D eigenvalue weighted by atomic mass is 19.1. The maximum Gasteiger partial charge on any atom is 0.311 e. The van der Waals surface area contributed by atoms with E-state index >= 15 is 0 Å². The van der Waals surface area contributed by atoms with Gasteiger partial charge in [0.1, 0.15) is 0 Å². The smallest absolute Gasteiger partial charge is 0.311 e. The predicted molar refractivity (Wildman–Crippen MR) is 86.7 cm³/mol. The fourth-order valence-electron chi connectivity index (χ4n) is 3.61. The van der Waals surface area contributed by atoms with Crippen LogP contribution in [0.4, 0.5) is 4.39 Å².